The third-order valence-electron chi connectivity index (χ3n) is 5.27. The van der Waals surface area contributed by atoms with Crippen LogP contribution < -0.4 is 10.2 Å². The second kappa shape index (κ2) is 5.58. The molecule has 1 aliphatic heterocycles. The van der Waals surface area contributed by atoms with Crippen molar-refractivity contribution in [1.82, 2.24) is 5.32 Å². The Morgan fingerprint density at radius 3 is 2.67 bits per heavy atom. The van der Waals surface area contributed by atoms with Crippen LogP contribution in [0.2, 0.25) is 0 Å². The number of hydrogen-bond acceptors (Lipinski definition) is 2. The molecule has 1 aromatic carbocycles. The minimum absolute atomic E-state index is 0.272. The molecule has 2 atom stereocenters. The molecule has 1 aliphatic carbocycles. The second-order valence-corrected chi connectivity index (χ2v) is 8.32. The molecule has 0 bridgehead atoms. The van der Waals surface area contributed by atoms with Gasteiger partial charge in [-0.3, -0.25) is 0 Å². The largest absolute Gasteiger partial charge is 0.364 e. The zero-order valence-electron chi connectivity index (χ0n) is 13.6. The van der Waals surface area contributed by atoms with E-state index in [4.69, 9.17) is 0 Å². The fourth-order valence-electron chi connectivity index (χ4n) is 3.67. The highest BCUT2D eigenvalue weighted by Gasteiger charge is 2.46. The summed E-state index contributed by atoms with van der Waals surface area (Å²) in [4.78, 5) is 2.65. The number of piperazine rings is 1. The molecule has 116 valence electrons. The van der Waals surface area contributed by atoms with Gasteiger partial charge >= 0.3 is 0 Å². The molecule has 0 amide bonds. The van der Waals surface area contributed by atoms with Gasteiger partial charge in [-0.25, -0.2) is 0 Å². The first-order chi connectivity index (χ1) is 9.90. The molecule has 2 aliphatic rings. The van der Waals surface area contributed by atoms with Crippen molar-refractivity contribution in [2.45, 2.75) is 52.1 Å². The number of aryl methyl sites for hydroxylation is 1. The van der Waals surface area contributed by atoms with E-state index in [1.54, 1.807) is 0 Å². The fraction of sp³-hybridized carbons (Fsp3) is 0.667. The molecular weight excluding hydrogens is 324 g/mol. The monoisotopic (exact) mass is 350 g/mol. The molecule has 2 nitrogen and oxygen atoms in total. The average molecular weight is 351 g/mol. The maximum absolute atomic E-state index is 3.87. The van der Waals surface area contributed by atoms with Gasteiger partial charge in [0.25, 0.3) is 0 Å². The summed E-state index contributed by atoms with van der Waals surface area (Å²) in [6, 6.07) is 7.27. The van der Waals surface area contributed by atoms with Crippen LogP contribution in [0, 0.1) is 18.8 Å². The lowest BCUT2D eigenvalue weighted by Gasteiger charge is -2.49. The fourth-order valence-corrected chi connectivity index (χ4v) is 4.15. The van der Waals surface area contributed by atoms with Crippen molar-refractivity contribution in [3.8, 4) is 0 Å². The Bertz CT molecular complexity index is 524. The van der Waals surface area contributed by atoms with Crippen LogP contribution in [0.4, 0.5) is 5.69 Å². The predicted molar refractivity (Wildman–Crippen MR) is 94.0 cm³/mol. The van der Waals surface area contributed by atoms with Gasteiger partial charge in [-0.1, -0.05) is 19.9 Å². The van der Waals surface area contributed by atoms with Crippen LogP contribution in [0.25, 0.3) is 0 Å². The predicted octanol–water partition coefficient (Wildman–Crippen LogP) is 4.36. The SMILES string of the molecule is Cc1ccc(Br)c(N2CC(C)(C3CC3)NCC2C(C)C)c1. The highest BCUT2D eigenvalue weighted by Crippen LogP contribution is 2.43. The van der Waals surface area contributed by atoms with Crippen molar-refractivity contribution in [2.24, 2.45) is 11.8 Å². The number of halogens is 1. The van der Waals surface area contributed by atoms with Gasteiger partial charge in [0.15, 0.2) is 0 Å². The van der Waals surface area contributed by atoms with E-state index < -0.39 is 0 Å². The molecule has 3 heteroatoms. The van der Waals surface area contributed by atoms with E-state index in [1.807, 2.05) is 0 Å². The van der Waals surface area contributed by atoms with Crippen molar-refractivity contribution in [2.75, 3.05) is 18.0 Å². The van der Waals surface area contributed by atoms with Crippen LogP contribution in [0.1, 0.15) is 39.2 Å². The van der Waals surface area contributed by atoms with Crippen molar-refractivity contribution < 1.29 is 0 Å². The maximum atomic E-state index is 3.87. The maximum Gasteiger partial charge on any atom is 0.0517 e. The van der Waals surface area contributed by atoms with E-state index in [1.165, 1.54) is 28.6 Å². The lowest BCUT2D eigenvalue weighted by Crippen LogP contribution is -2.65. The van der Waals surface area contributed by atoms with Crippen LogP contribution in [-0.4, -0.2) is 24.7 Å². The van der Waals surface area contributed by atoms with Crippen LogP contribution >= 0.6 is 15.9 Å². The molecule has 1 saturated carbocycles. The molecule has 1 heterocycles. The summed E-state index contributed by atoms with van der Waals surface area (Å²) < 4.78 is 1.22. The zero-order valence-corrected chi connectivity index (χ0v) is 15.2. The third kappa shape index (κ3) is 3.00. The smallest absolute Gasteiger partial charge is 0.0517 e. The zero-order chi connectivity index (χ0) is 15.2. The summed E-state index contributed by atoms with van der Waals surface area (Å²) in [5.41, 5.74) is 2.97. The summed E-state index contributed by atoms with van der Waals surface area (Å²) >= 11 is 3.77. The molecule has 1 aromatic rings. The Balaban J connectivity index is 1.95. The van der Waals surface area contributed by atoms with Gasteiger partial charge in [0.05, 0.1) is 5.69 Å². The topological polar surface area (TPSA) is 15.3 Å². The molecule has 0 spiro atoms. The van der Waals surface area contributed by atoms with Crippen LogP contribution in [0.15, 0.2) is 22.7 Å². The molecule has 0 aromatic heterocycles. The number of nitrogens with zero attached hydrogens (tertiary/aromatic N) is 1. The molecule has 2 fully saturated rings. The number of benzene rings is 1. The van der Waals surface area contributed by atoms with Gasteiger partial charge < -0.3 is 10.2 Å². The number of hydrogen-bond donors (Lipinski definition) is 1. The highest BCUT2D eigenvalue weighted by atomic mass is 79.9. The first-order valence-corrected chi connectivity index (χ1v) is 8.98. The Morgan fingerprint density at radius 1 is 1.33 bits per heavy atom. The Labute approximate surface area is 137 Å². The van der Waals surface area contributed by atoms with E-state index in [9.17, 15) is 0 Å². The molecule has 21 heavy (non-hydrogen) atoms. The number of anilines is 1. The summed E-state index contributed by atoms with van der Waals surface area (Å²) in [5.74, 6) is 1.50. The van der Waals surface area contributed by atoms with Crippen molar-refractivity contribution >= 4 is 21.6 Å². The van der Waals surface area contributed by atoms with E-state index in [0.717, 1.165) is 19.0 Å². The minimum atomic E-state index is 0.272. The summed E-state index contributed by atoms with van der Waals surface area (Å²) in [7, 11) is 0. The van der Waals surface area contributed by atoms with Gasteiger partial charge in [0.2, 0.25) is 0 Å². The standard InChI is InChI=1S/C18H27BrN2/c1-12(2)17-10-20-18(4,14-6-7-14)11-21(17)16-9-13(3)5-8-15(16)19/h5,8-9,12,14,17,20H,6-7,10-11H2,1-4H3. The highest BCUT2D eigenvalue weighted by molar-refractivity contribution is 9.10. The van der Waals surface area contributed by atoms with Crippen molar-refractivity contribution in [3.05, 3.63) is 28.2 Å². The summed E-state index contributed by atoms with van der Waals surface area (Å²) in [6.45, 7) is 11.5. The van der Waals surface area contributed by atoms with Crippen molar-refractivity contribution in [3.63, 3.8) is 0 Å². The minimum Gasteiger partial charge on any atom is -0.364 e. The molecule has 1 N–H and O–H groups in total. The first-order valence-electron chi connectivity index (χ1n) is 8.18. The van der Waals surface area contributed by atoms with Gasteiger partial charge in [0, 0.05) is 29.1 Å². The first kappa shape index (κ1) is 15.4. The van der Waals surface area contributed by atoms with E-state index in [0.29, 0.717) is 12.0 Å². The van der Waals surface area contributed by atoms with Gasteiger partial charge in [-0.15, -0.1) is 0 Å². The van der Waals surface area contributed by atoms with Gasteiger partial charge in [-0.05, 0) is 72.2 Å². The van der Waals surface area contributed by atoms with Crippen LogP contribution in [0.5, 0.6) is 0 Å². The van der Waals surface area contributed by atoms with E-state index >= 15 is 0 Å². The Kier molecular flexibility index (Phi) is 4.08. The number of rotatable bonds is 3. The third-order valence-corrected chi connectivity index (χ3v) is 5.94. The van der Waals surface area contributed by atoms with Crippen LogP contribution in [0.3, 0.4) is 0 Å². The quantitative estimate of drug-likeness (QED) is 0.870. The molecule has 2 unspecified atom stereocenters. The Morgan fingerprint density at radius 2 is 2.05 bits per heavy atom. The van der Waals surface area contributed by atoms with E-state index in [2.05, 4.69) is 72.0 Å². The summed E-state index contributed by atoms with van der Waals surface area (Å²) in [6.07, 6.45) is 2.78. The lowest BCUT2D eigenvalue weighted by molar-refractivity contribution is 0.233. The normalized spacial score (nSPS) is 30.0. The lowest BCUT2D eigenvalue weighted by atomic mass is 9.87. The average Bonchev–Trinajstić information content (AvgIpc) is 3.26. The second-order valence-electron chi connectivity index (χ2n) is 7.47. The Hall–Kier alpha value is -0.540. The van der Waals surface area contributed by atoms with Gasteiger partial charge in [-0.2, -0.15) is 0 Å². The molecular formula is C18H27BrN2. The molecule has 3 rings (SSSR count). The molecule has 1 saturated heterocycles. The van der Waals surface area contributed by atoms with Crippen molar-refractivity contribution in [1.29, 1.82) is 0 Å². The van der Waals surface area contributed by atoms with E-state index in [-0.39, 0.29) is 5.54 Å². The van der Waals surface area contributed by atoms with Gasteiger partial charge in [0.1, 0.15) is 0 Å². The summed E-state index contributed by atoms with van der Waals surface area (Å²) in [5, 5.41) is 3.87. The molecule has 0 radical (unpaired) electrons. The number of nitrogens with one attached hydrogen (secondary N) is 1. The van der Waals surface area contributed by atoms with Crippen LogP contribution in [-0.2, 0) is 0 Å².